The molecule has 3 aliphatic carbocycles. The SMILES string of the molecule is O=C(Nc1nc2cccc(-c3ccc(-c4ccc(-c5ccc(-c6ccc(-c7c[nH][n+](-c8ccc(-c9ccc(-c%10cccnc%10)nc9)n9nc(NC(=O)C%10CC%10)nc89)c7)cc6)n6nc(NC(=O)C7CC7)nc56)nc4)cc3)n2n1)C1CC1. The lowest BCUT2D eigenvalue weighted by atomic mass is 10.0. The lowest BCUT2D eigenvalue weighted by molar-refractivity contribution is -0.653. The molecule has 388 valence electrons. The first-order chi connectivity index (χ1) is 39.3. The van der Waals surface area contributed by atoms with E-state index in [2.05, 4.69) is 36.1 Å². The predicted molar refractivity (Wildman–Crippen MR) is 297 cm³/mol. The zero-order valence-corrected chi connectivity index (χ0v) is 42.6. The number of hydrogen-bond donors (Lipinski definition) is 4. The van der Waals surface area contributed by atoms with Crippen molar-refractivity contribution in [2.24, 2.45) is 17.8 Å². The highest BCUT2D eigenvalue weighted by atomic mass is 16.2. The summed E-state index contributed by atoms with van der Waals surface area (Å²) in [5.74, 6) is 0.549. The third kappa shape index (κ3) is 8.83. The minimum atomic E-state index is -0.0867. The minimum absolute atomic E-state index is 0.0185. The number of H-pyrrole nitrogens is 1. The van der Waals surface area contributed by atoms with E-state index in [9.17, 15) is 14.4 Å². The van der Waals surface area contributed by atoms with Crippen molar-refractivity contribution >= 4 is 52.5 Å². The Morgan fingerprint density at radius 3 is 1.62 bits per heavy atom. The van der Waals surface area contributed by atoms with Gasteiger partial charge in [0.1, 0.15) is 0 Å². The van der Waals surface area contributed by atoms with Crippen LogP contribution >= 0.6 is 0 Å². The van der Waals surface area contributed by atoms with Crippen LogP contribution in [0.1, 0.15) is 38.5 Å². The molecule has 10 aromatic heterocycles. The van der Waals surface area contributed by atoms with Gasteiger partial charge < -0.3 is 0 Å². The van der Waals surface area contributed by atoms with Crippen molar-refractivity contribution in [1.82, 2.24) is 63.8 Å². The quantitative estimate of drug-likeness (QED) is 0.0746. The van der Waals surface area contributed by atoms with Gasteiger partial charge in [-0.05, 0) is 110 Å². The number of hydrogen-bond acceptors (Lipinski definition) is 12. The fourth-order valence-electron chi connectivity index (χ4n) is 9.96. The molecule has 3 saturated carbocycles. The van der Waals surface area contributed by atoms with Gasteiger partial charge in [0.05, 0.1) is 40.2 Å². The topological polar surface area (TPSA) is 236 Å². The Morgan fingerprint density at radius 2 is 1.00 bits per heavy atom. The number of carbonyl (C=O) groups excluding carboxylic acids is 3. The first-order valence-corrected chi connectivity index (χ1v) is 26.5. The molecule has 4 N–H and O–H groups in total. The molecule has 0 saturated heterocycles. The summed E-state index contributed by atoms with van der Waals surface area (Å²) in [5.41, 5.74) is 14.4. The van der Waals surface area contributed by atoms with Gasteiger partial charge in [-0.2, -0.15) is 20.1 Å². The zero-order valence-electron chi connectivity index (χ0n) is 42.6. The van der Waals surface area contributed by atoms with Crippen LogP contribution in [0.2, 0.25) is 0 Å². The number of rotatable bonds is 14. The van der Waals surface area contributed by atoms with Crippen molar-refractivity contribution in [3.8, 4) is 84.2 Å². The number of amides is 3. The lowest BCUT2D eigenvalue weighted by Gasteiger charge is -2.10. The number of pyridine rings is 6. The van der Waals surface area contributed by atoms with Crippen LogP contribution in [0, 0.1) is 17.8 Å². The predicted octanol–water partition coefficient (Wildman–Crippen LogP) is 9.32. The highest BCUT2D eigenvalue weighted by Gasteiger charge is 2.33. The Bertz CT molecular complexity index is 4400. The number of aromatic nitrogens is 14. The van der Waals surface area contributed by atoms with Gasteiger partial charge >= 0.3 is 0 Å². The number of carbonyl (C=O) groups is 3. The molecule has 0 unspecified atom stereocenters. The van der Waals surface area contributed by atoms with Crippen LogP contribution in [0.3, 0.4) is 0 Å². The summed E-state index contributed by atoms with van der Waals surface area (Å²) in [6.07, 6.45) is 16.3. The van der Waals surface area contributed by atoms with E-state index in [4.69, 9.17) is 30.1 Å². The summed E-state index contributed by atoms with van der Waals surface area (Å²) in [4.78, 5) is 66.4. The van der Waals surface area contributed by atoms with Gasteiger partial charge in [-0.15, -0.1) is 15.3 Å². The largest absolute Gasteiger partial charge is 0.293 e. The summed E-state index contributed by atoms with van der Waals surface area (Å²) in [6.45, 7) is 0. The fraction of sp³-hybridized carbons (Fsp3) is 0.150. The van der Waals surface area contributed by atoms with E-state index in [1.807, 2.05) is 151 Å². The van der Waals surface area contributed by atoms with Gasteiger partial charge in [-0.1, -0.05) is 65.3 Å². The first-order valence-electron chi connectivity index (χ1n) is 26.5. The Balaban J connectivity index is 0.702. The molecule has 15 rings (SSSR count). The molecule has 0 radical (unpaired) electrons. The van der Waals surface area contributed by atoms with Crippen LogP contribution in [0.4, 0.5) is 17.8 Å². The zero-order chi connectivity index (χ0) is 53.4. The van der Waals surface area contributed by atoms with Crippen LogP contribution < -0.4 is 20.6 Å². The molecule has 20 nitrogen and oxygen atoms in total. The normalized spacial score (nSPS) is 14.2. The fourth-order valence-corrected chi connectivity index (χ4v) is 9.96. The van der Waals surface area contributed by atoms with Crippen molar-refractivity contribution in [3.63, 3.8) is 0 Å². The second-order valence-corrected chi connectivity index (χ2v) is 20.5. The van der Waals surface area contributed by atoms with Crippen LogP contribution in [0.5, 0.6) is 0 Å². The van der Waals surface area contributed by atoms with E-state index < -0.39 is 0 Å². The molecular weight excluding hydrogens is 1010 g/mol. The second-order valence-electron chi connectivity index (χ2n) is 20.5. The molecule has 10 heterocycles. The maximum Gasteiger partial charge on any atom is 0.280 e. The van der Waals surface area contributed by atoms with Crippen LogP contribution in [-0.4, -0.2) is 81.6 Å². The van der Waals surface area contributed by atoms with Crippen molar-refractivity contribution in [1.29, 1.82) is 0 Å². The molecule has 3 amide bonds. The molecule has 3 fully saturated rings. The number of nitrogens with one attached hydrogen (secondary N) is 4. The summed E-state index contributed by atoms with van der Waals surface area (Å²) in [6, 6.07) is 41.8. The van der Waals surface area contributed by atoms with Gasteiger partial charge in [0.25, 0.3) is 5.69 Å². The van der Waals surface area contributed by atoms with Crippen molar-refractivity contribution < 1.29 is 19.1 Å². The molecule has 80 heavy (non-hydrogen) atoms. The van der Waals surface area contributed by atoms with E-state index in [1.54, 1.807) is 32.1 Å². The van der Waals surface area contributed by atoms with Gasteiger partial charge in [0.2, 0.25) is 47.4 Å². The van der Waals surface area contributed by atoms with E-state index in [0.29, 0.717) is 28.6 Å². The molecule has 0 spiro atoms. The summed E-state index contributed by atoms with van der Waals surface area (Å²) in [7, 11) is 0. The highest BCUT2D eigenvalue weighted by molar-refractivity contribution is 5.94. The summed E-state index contributed by atoms with van der Waals surface area (Å²) >= 11 is 0. The lowest BCUT2D eigenvalue weighted by Crippen LogP contribution is -2.32. The standard InChI is InChI=1S/C60H45N17O3/c78-55(38-14-15-38)68-58-65-52-5-1-4-48(75(52)71-58)36-10-6-34(7-11-36)41-20-24-47(63-30-41)45-22-25-49(76-53(45)66-59(72-76)69-56(79)39-16-17-39)37-12-8-35(9-13-37)44-32-64-74(33-44)51-27-26-50(43-21-23-46(62-31-43)42-3-2-28-61-29-42)77-54(51)67-60(73-77)70-57(80)40-18-19-40/h1-13,20-33,38-40H,14-19H2,(H3,68,69,70,71,72,73,78,79,80)/p+1. The van der Waals surface area contributed by atoms with Crippen molar-refractivity contribution in [2.75, 3.05) is 16.0 Å². The maximum absolute atomic E-state index is 13.0. The third-order valence-corrected chi connectivity index (χ3v) is 14.8. The number of fused-ring (bicyclic) bond motifs is 3. The number of aromatic amines is 1. The highest BCUT2D eigenvalue weighted by Crippen LogP contribution is 2.35. The third-order valence-electron chi connectivity index (χ3n) is 14.8. The molecule has 3 aliphatic rings. The van der Waals surface area contributed by atoms with Gasteiger partial charge in [-0.3, -0.25) is 45.3 Å². The average Bonchev–Trinajstić information content (AvgIpc) is 4.59. The molecular formula is C60H46N17O3+. The smallest absolute Gasteiger partial charge is 0.280 e. The van der Waals surface area contributed by atoms with Crippen molar-refractivity contribution in [2.45, 2.75) is 38.5 Å². The summed E-state index contributed by atoms with van der Waals surface area (Å²) < 4.78 is 7.14. The Kier molecular flexibility index (Phi) is 11.0. The Labute approximate surface area is 454 Å². The van der Waals surface area contributed by atoms with Gasteiger partial charge in [0, 0.05) is 82.0 Å². The molecule has 0 bridgehead atoms. The van der Waals surface area contributed by atoms with Gasteiger partial charge in [-0.25, -0.2) is 13.5 Å². The molecule has 2 aromatic carbocycles. The van der Waals surface area contributed by atoms with E-state index in [0.717, 1.165) is 117 Å². The Hall–Kier alpha value is -10.6. The monoisotopic (exact) mass is 1050 g/mol. The van der Waals surface area contributed by atoms with Crippen molar-refractivity contribution in [3.05, 3.63) is 165 Å². The second kappa shape index (κ2) is 18.8. The molecule has 0 aliphatic heterocycles. The first kappa shape index (κ1) is 46.7. The molecule has 12 aromatic rings. The van der Waals surface area contributed by atoms with Crippen LogP contribution in [0.25, 0.3) is 101 Å². The van der Waals surface area contributed by atoms with E-state index >= 15 is 0 Å². The van der Waals surface area contributed by atoms with Gasteiger partial charge in [0.15, 0.2) is 11.3 Å². The molecule has 0 atom stereocenters. The number of benzene rings is 2. The average molecular weight is 1050 g/mol. The number of nitrogens with zero attached hydrogens (tertiary/aromatic N) is 13. The number of anilines is 3. The Morgan fingerprint density at radius 1 is 0.463 bits per heavy atom. The maximum atomic E-state index is 13.0. The molecule has 20 heteroatoms. The van der Waals surface area contributed by atoms with Crippen LogP contribution in [-0.2, 0) is 14.4 Å². The minimum Gasteiger partial charge on any atom is -0.293 e. The van der Waals surface area contributed by atoms with Crippen LogP contribution in [0.15, 0.2) is 165 Å². The van der Waals surface area contributed by atoms with E-state index in [1.165, 1.54) is 0 Å². The summed E-state index contributed by atoms with van der Waals surface area (Å²) in [5, 5.41) is 26.3. The van der Waals surface area contributed by atoms with E-state index in [-0.39, 0.29) is 47.4 Å².